The zero-order valence-electron chi connectivity index (χ0n) is 12.2. The molecule has 2 unspecified atom stereocenters. The van der Waals surface area contributed by atoms with Gasteiger partial charge >= 0.3 is 11.7 Å². The van der Waals surface area contributed by atoms with Crippen LogP contribution in [0.25, 0.3) is 11.0 Å². The quantitative estimate of drug-likeness (QED) is 0.885. The minimum absolute atomic E-state index is 0.177. The van der Waals surface area contributed by atoms with Crippen molar-refractivity contribution in [2.45, 2.75) is 45.2 Å². The highest BCUT2D eigenvalue weighted by Gasteiger charge is 2.27. The Morgan fingerprint density at radius 3 is 2.57 bits per heavy atom. The molecule has 0 radical (unpaired) electrons. The number of aromatic amines is 1. The number of H-pyrrole nitrogens is 1. The lowest BCUT2D eigenvalue weighted by Crippen LogP contribution is -2.54. The van der Waals surface area contributed by atoms with Gasteiger partial charge in [-0.3, -0.25) is 0 Å². The van der Waals surface area contributed by atoms with Gasteiger partial charge < -0.3 is 15.1 Å². The molecule has 6 heteroatoms. The van der Waals surface area contributed by atoms with Crippen LogP contribution in [-0.4, -0.2) is 32.8 Å². The Kier molecular flexibility index (Phi) is 3.23. The summed E-state index contributed by atoms with van der Waals surface area (Å²) in [5.41, 5.74) is 1.25. The fourth-order valence-corrected chi connectivity index (χ4v) is 3.26. The zero-order chi connectivity index (χ0) is 15.1. The molecule has 1 aliphatic rings. The SMILES string of the molecule is CC1CCCC(C)N1n1c(=O)[nH]c2cc(C(=O)O)ccc21. The Labute approximate surface area is 122 Å². The molecule has 1 aromatic heterocycles. The number of carboxylic acids is 1. The fourth-order valence-electron chi connectivity index (χ4n) is 3.26. The monoisotopic (exact) mass is 289 g/mol. The molecule has 2 atom stereocenters. The average Bonchev–Trinajstić information content (AvgIpc) is 2.74. The second-order valence-corrected chi connectivity index (χ2v) is 5.79. The van der Waals surface area contributed by atoms with Gasteiger partial charge in [0.1, 0.15) is 0 Å². The molecule has 112 valence electrons. The molecule has 0 amide bonds. The molecule has 0 saturated carbocycles. The first kappa shape index (κ1) is 13.7. The van der Waals surface area contributed by atoms with Crippen LogP contribution in [0.2, 0.25) is 0 Å². The normalized spacial score (nSPS) is 22.7. The van der Waals surface area contributed by atoms with Gasteiger partial charge in [-0.1, -0.05) is 0 Å². The number of nitrogens with one attached hydrogen (secondary N) is 1. The van der Waals surface area contributed by atoms with Gasteiger partial charge in [0.2, 0.25) is 0 Å². The van der Waals surface area contributed by atoms with Crippen LogP contribution in [0.1, 0.15) is 43.5 Å². The van der Waals surface area contributed by atoms with Crippen molar-refractivity contribution < 1.29 is 9.90 Å². The van der Waals surface area contributed by atoms with Gasteiger partial charge in [-0.05, 0) is 51.3 Å². The largest absolute Gasteiger partial charge is 0.478 e. The average molecular weight is 289 g/mol. The summed E-state index contributed by atoms with van der Waals surface area (Å²) < 4.78 is 1.66. The Balaban J connectivity index is 2.16. The molecule has 1 fully saturated rings. The third-order valence-electron chi connectivity index (χ3n) is 4.28. The number of piperidine rings is 1. The second-order valence-electron chi connectivity index (χ2n) is 5.79. The number of hydrogen-bond acceptors (Lipinski definition) is 3. The summed E-state index contributed by atoms with van der Waals surface area (Å²) in [7, 11) is 0. The molecule has 3 rings (SSSR count). The molecular weight excluding hydrogens is 270 g/mol. The van der Waals surface area contributed by atoms with E-state index in [0.29, 0.717) is 5.52 Å². The number of fused-ring (bicyclic) bond motifs is 1. The van der Waals surface area contributed by atoms with Crippen LogP contribution in [-0.2, 0) is 0 Å². The smallest absolute Gasteiger partial charge is 0.345 e. The molecule has 0 bridgehead atoms. The van der Waals surface area contributed by atoms with Gasteiger partial charge in [-0.25, -0.2) is 14.3 Å². The van der Waals surface area contributed by atoms with Crippen LogP contribution in [0.5, 0.6) is 0 Å². The number of aromatic nitrogens is 2. The van der Waals surface area contributed by atoms with E-state index in [1.807, 2.05) is 0 Å². The third kappa shape index (κ3) is 2.20. The van der Waals surface area contributed by atoms with E-state index in [1.54, 1.807) is 10.7 Å². The van der Waals surface area contributed by atoms with Gasteiger partial charge in [0.25, 0.3) is 0 Å². The number of rotatable bonds is 2. The number of carbonyl (C=O) groups is 1. The topological polar surface area (TPSA) is 78.3 Å². The van der Waals surface area contributed by atoms with Crippen molar-refractivity contribution in [2.75, 3.05) is 5.01 Å². The molecule has 2 N–H and O–H groups in total. The molecule has 2 aromatic rings. The predicted molar refractivity (Wildman–Crippen MR) is 80.5 cm³/mol. The minimum Gasteiger partial charge on any atom is -0.478 e. The summed E-state index contributed by atoms with van der Waals surface area (Å²) in [5, 5.41) is 11.1. The summed E-state index contributed by atoms with van der Waals surface area (Å²) in [6, 6.07) is 5.31. The van der Waals surface area contributed by atoms with E-state index < -0.39 is 5.97 Å². The van der Waals surface area contributed by atoms with Crippen molar-refractivity contribution in [3.63, 3.8) is 0 Å². The van der Waals surface area contributed by atoms with Gasteiger partial charge in [0.05, 0.1) is 16.6 Å². The Morgan fingerprint density at radius 1 is 1.29 bits per heavy atom. The van der Waals surface area contributed by atoms with Gasteiger partial charge in [-0.15, -0.1) is 0 Å². The zero-order valence-corrected chi connectivity index (χ0v) is 12.2. The van der Waals surface area contributed by atoms with Crippen LogP contribution in [0, 0.1) is 0 Å². The lowest BCUT2D eigenvalue weighted by atomic mass is 10.00. The third-order valence-corrected chi connectivity index (χ3v) is 4.28. The number of hydrogen-bond donors (Lipinski definition) is 2. The molecule has 1 aliphatic heterocycles. The van der Waals surface area contributed by atoms with Crippen molar-refractivity contribution in [2.24, 2.45) is 0 Å². The summed E-state index contributed by atoms with van der Waals surface area (Å²) >= 11 is 0. The molecule has 6 nitrogen and oxygen atoms in total. The van der Waals surface area contributed by atoms with Gasteiger partial charge in [0.15, 0.2) is 0 Å². The maximum atomic E-state index is 12.3. The Morgan fingerprint density at radius 2 is 1.95 bits per heavy atom. The maximum Gasteiger partial charge on any atom is 0.345 e. The van der Waals surface area contributed by atoms with Gasteiger partial charge in [-0.2, -0.15) is 0 Å². The van der Waals surface area contributed by atoms with Crippen molar-refractivity contribution in [3.8, 4) is 0 Å². The van der Waals surface area contributed by atoms with Crippen LogP contribution in [0.3, 0.4) is 0 Å². The molecule has 21 heavy (non-hydrogen) atoms. The second kappa shape index (κ2) is 4.95. The highest BCUT2D eigenvalue weighted by Crippen LogP contribution is 2.23. The molecule has 1 saturated heterocycles. The lowest BCUT2D eigenvalue weighted by molar-refractivity contribution is 0.0697. The van der Waals surface area contributed by atoms with E-state index in [2.05, 4.69) is 23.8 Å². The van der Waals surface area contributed by atoms with Crippen LogP contribution in [0.4, 0.5) is 0 Å². The summed E-state index contributed by atoms with van der Waals surface area (Å²) in [5.74, 6) is -0.995. The van der Waals surface area contributed by atoms with Crippen molar-refractivity contribution in [3.05, 3.63) is 34.2 Å². The summed E-state index contributed by atoms with van der Waals surface area (Å²) in [4.78, 5) is 26.1. The van der Waals surface area contributed by atoms with Crippen molar-refractivity contribution in [1.29, 1.82) is 0 Å². The Hall–Kier alpha value is -2.24. The maximum absolute atomic E-state index is 12.3. The molecule has 0 spiro atoms. The highest BCUT2D eigenvalue weighted by molar-refractivity contribution is 5.92. The minimum atomic E-state index is -0.995. The molecule has 2 heterocycles. The number of carboxylic acid groups (broad SMARTS) is 1. The van der Waals surface area contributed by atoms with E-state index in [-0.39, 0.29) is 23.3 Å². The van der Waals surface area contributed by atoms with Gasteiger partial charge in [0, 0.05) is 12.1 Å². The number of imidazole rings is 1. The number of nitrogens with zero attached hydrogens (tertiary/aromatic N) is 2. The first-order chi connectivity index (χ1) is 9.99. The van der Waals surface area contributed by atoms with E-state index in [1.165, 1.54) is 18.6 Å². The van der Waals surface area contributed by atoms with E-state index in [0.717, 1.165) is 18.4 Å². The van der Waals surface area contributed by atoms with Crippen LogP contribution in [0.15, 0.2) is 23.0 Å². The van der Waals surface area contributed by atoms with Crippen molar-refractivity contribution in [1.82, 2.24) is 9.66 Å². The highest BCUT2D eigenvalue weighted by atomic mass is 16.4. The lowest BCUT2D eigenvalue weighted by Gasteiger charge is -2.40. The first-order valence-electron chi connectivity index (χ1n) is 7.25. The Bertz CT molecular complexity index is 736. The van der Waals surface area contributed by atoms with E-state index >= 15 is 0 Å². The van der Waals surface area contributed by atoms with E-state index in [4.69, 9.17) is 5.11 Å². The fraction of sp³-hybridized carbons (Fsp3) is 0.467. The molecule has 0 aliphatic carbocycles. The van der Waals surface area contributed by atoms with E-state index in [9.17, 15) is 9.59 Å². The van der Waals surface area contributed by atoms with Crippen LogP contribution >= 0.6 is 0 Å². The summed E-state index contributed by atoms with van der Waals surface area (Å²) in [6.07, 6.45) is 3.27. The standard InChI is InChI=1S/C15H19N3O3/c1-9-4-3-5-10(2)17(9)18-13-7-6-11(14(19)20)8-12(13)16-15(18)21/h6-10H,3-5H2,1-2H3,(H,16,21)(H,19,20). The van der Waals surface area contributed by atoms with Crippen LogP contribution < -0.4 is 10.7 Å². The molecular formula is C15H19N3O3. The van der Waals surface area contributed by atoms with Crippen molar-refractivity contribution >= 4 is 17.0 Å². The molecule has 1 aromatic carbocycles. The summed E-state index contributed by atoms with van der Waals surface area (Å²) in [6.45, 7) is 4.24. The first-order valence-corrected chi connectivity index (χ1v) is 7.25. The predicted octanol–water partition coefficient (Wildman–Crippen LogP) is 1.93. The number of aromatic carboxylic acids is 1. The number of benzene rings is 1.